The molecule has 0 spiro atoms. The highest BCUT2D eigenvalue weighted by atomic mass is 32.1. The number of ether oxygens (including phenoxy) is 1. The molecule has 152 valence electrons. The SMILES string of the molecule is COc1ccc(C)cc1-c1csc(NC(=O)Cc2csc(-c3cccc(C)c3)n2)n1. The Bertz CT molecular complexity index is 1200. The predicted octanol–water partition coefficient (Wildman–Crippen LogP) is 5.74. The van der Waals surface area contributed by atoms with E-state index < -0.39 is 0 Å². The summed E-state index contributed by atoms with van der Waals surface area (Å²) >= 11 is 2.94. The lowest BCUT2D eigenvalue weighted by atomic mass is 10.1. The number of aryl methyl sites for hydroxylation is 2. The number of hydrogen-bond acceptors (Lipinski definition) is 6. The maximum absolute atomic E-state index is 12.5. The van der Waals surface area contributed by atoms with Crippen molar-refractivity contribution in [3.8, 4) is 27.6 Å². The zero-order valence-corrected chi connectivity index (χ0v) is 18.6. The molecule has 2 aromatic carbocycles. The summed E-state index contributed by atoms with van der Waals surface area (Å²) in [7, 11) is 1.64. The molecule has 0 fully saturated rings. The lowest BCUT2D eigenvalue weighted by molar-refractivity contribution is -0.115. The standard InChI is InChI=1S/C23H21N3O2S2/c1-14-5-4-6-16(9-14)22-24-17(12-29-22)11-21(27)26-23-25-19(13-30-23)18-10-15(2)7-8-20(18)28-3/h4-10,12-13H,11H2,1-3H3,(H,25,26,27). The summed E-state index contributed by atoms with van der Waals surface area (Å²) in [5.74, 6) is 0.628. The van der Waals surface area contributed by atoms with Crippen LogP contribution in [0, 0.1) is 13.8 Å². The van der Waals surface area contributed by atoms with Crippen LogP contribution in [-0.2, 0) is 11.2 Å². The normalized spacial score (nSPS) is 10.8. The van der Waals surface area contributed by atoms with E-state index in [9.17, 15) is 4.79 Å². The molecule has 5 nitrogen and oxygen atoms in total. The number of nitrogens with one attached hydrogen (secondary N) is 1. The van der Waals surface area contributed by atoms with Gasteiger partial charge in [0.1, 0.15) is 10.8 Å². The van der Waals surface area contributed by atoms with Crippen LogP contribution in [0.25, 0.3) is 21.8 Å². The minimum atomic E-state index is -0.131. The van der Waals surface area contributed by atoms with Crippen LogP contribution >= 0.6 is 22.7 Å². The van der Waals surface area contributed by atoms with Crippen molar-refractivity contribution in [3.63, 3.8) is 0 Å². The summed E-state index contributed by atoms with van der Waals surface area (Å²) in [6.07, 6.45) is 0.213. The van der Waals surface area contributed by atoms with Crippen LogP contribution in [0.5, 0.6) is 5.75 Å². The van der Waals surface area contributed by atoms with E-state index >= 15 is 0 Å². The van der Waals surface area contributed by atoms with Gasteiger partial charge in [0.2, 0.25) is 5.91 Å². The van der Waals surface area contributed by atoms with Crippen molar-refractivity contribution >= 4 is 33.7 Å². The molecule has 4 aromatic rings. The number of nitrogens with zero attached hydrogens (tertiary/aromatic N) is 2. The first-order valence-electron chi connectivity index (χ1n) is 9.43. The summed E-state index contributed by atoms with van der Waals surface area (Å²) in [4.78, 5) is 21.7. The van der Waals surface area contributed by atoms with Gasteiger partial charge in [-0.1, -0.05) is 35.4 Å². The first-order chi connectivity index (χ1) is 14.5. The fraction of sp³-hybridized carbons (Fsp3) is 0.174. The smallest absolute Gasteiger partial charge is 0.232 e. The van der Waals surface area contributed by atoms with Gasteiger partial charge in [-0.25, -0.2) is 9.97 Å². The first kappa shape index (κ1) is 20.3. The van der Waals surface area contributed by atoms with Gasteiger partial charge in [-0.3, -0.25) is 4.79 Å². The summed E-state index contributed by atoms with van der Waals surface area (Å²) in [5.41, 5.74) is 5.83. The van der Waals surface area contributed by atoms with Crippen LogP contribution in [0.15, 0.2) is 53.2 Å². The van der Waals surface area contributed by atoms with E-state index in [1.807, 2.05) is 48.0 Å². The predicted molar refractivity (Wildman–Crippen MR) is 123 cm³/mol. The number of carbonyl (C=O) groups excluding carboxylic acids is 1. The molecule has 0 radical (unpaired) electrons. The molecule has 0 aliphatic heterocycles. The Morgan fingerprint density at radius 2 is 1.87 bits per heavy atom. The number of anilines is 1. The number of methoxy groups -OCH3 is 1. The molecule has 0 atom stereocenters. The van der Waals surface area contributed by atoms with Crippen molar-refractivity contribution in [3.05, 3.63) is 70.0 Å². The Hall–Kier alpha value is -3.03. The second kappa shape index (κ2) is 8.77. The van der Waals surface area contributed by atoms with Crippen molar-refractivity contribution in [1.82, 2.24) is 9.97 Å². The quantitative estimate of drug-likeness (QED) is 0.419. The molecule has 1 N–H and O–H groups in total. The number of hydrogen-bond donors (Lipinski definition) is 1. The molecule has 30 heavy (non-hydrogen) atoms. The zero-order chi connectivity index (χ0) is 21.1. The van der Waals surface area contributed by atoms with Crippen molar-refractivity contribution in [1.29, 1.82) is 0 Å². The van der Waals surface area contributed by atoms with Gasteiger partial charge in [-0.15, -0.1) is 22.7 Å². The fourth-order valence-corrected chi connectivity index (χ4v) is 4.65. The third-order valence-corrected chi connectivity index (χ3v) is 6.24. The Morgan fingerprint density at radius 1 is 1.03 bits per heavy atom. The zero-order valence-electron chi connectivity index (χ0n) is 16.9. The molecule has 4 rings (SSSR count). The number of carbonyl (C=O) groups is 1. The summed E-state index contributed by atoms with van der Waals surface area (Å²) in [6, 6.07) is 14.2. The molecule has 0 aliphatic carbocycles. The van der Waals surface area contributed by atoms with E-state index in [1.54, 1.807) is 18.4 Å². The Morgan fingerprint density at radius 3 is 2.67 bits per heavy atom. The van der Waals surface area contributed by atoms with Crippen LogP contribution in [0.2, 0.25) is 0 Å². The van der Waals surface area contributed by atoms with Gasteiger partial charge in [-0.2, -0.15) is 0 Å². The fourth-order valence-electron chi connectivity index (χ4n) is 3.10. The average molecular weight is 436 g/mol. The minimum absolute atomic E-state index is 0.131. The van der Waals surface area contributed by atoms with Crippen molar-refractivity contribution < 1.29 is 9.53 Å². The third kappa shape index (κ3) is 4.58. The Kier molecular flexibility index (Phi) is 5.92. The van der Waals surface area contributed by atoms with Gasteiger partial charge in [0, 0.05) is 21.9 Å². The Balaban J connectivity index is 1.44. The van der Waals surface area contributed by atoms with E-state index in [0.29, 0.717) is 5.13 Å². The van der Waals surface area contributed by atoms with Gasteiger partial charge in [0.05, 0.1) is 24.9 Å². The first-order valence-corrected chi connectivity index (χ1v) is 11.2. The van der Waals surface area contributed by atoms with E-state index in [-0.39, 0.29) is 12.3 Å². The maximum atomic E-state index is 12.5. The van der Waals surface area contributed by atoms with Crippen molar-refractivity contribution in [2.75, 3.05) is 12.4 Å². The van der Waals surface area contributed by atoms with Gasteiger partial charge in [-0.05, 0) is 32.0 Å². The van der Waals surface area contributed by atoms with Crippen LogP contribution in [0.1, 0.15) is 16.8 Å². The van der Waals surface area contributed by atoms with Crippen LogP contribution < -0.4 is 10.1 Å². The molecule has 7 heteroatoms. The number of thiazole rings is 2. The summed E-state index contributed by atoms with van der Waals surface area (Å²) < 4.78 is 5.44. The number of amides is 1. The lowest BCUT2D eigenvalue weighted by Crippen LogP contribution is -2.14. The van der Waals surface area contributed by atoms with Crippen LogP contribution in [-0.4, -0.2) is 23.0 Å². The molecule has 0 saturated carbocycles. The van der Waals surface area contributed by atoms with Gasteiger partial charge >= 0.3 is 0 Å². The topological polar surface area (TPSA) is 64.1 Å². The highest BCUT2D eigenvalue weighted by Crippen LogP contribution is 2.33. The monoisotopic (exact) mass is 435 g/mol. The Labute approximate surface area is 183 Å². The molecule has 0 unspecified atom stereocenters. The highest BCUT2D eigenvalue weighted by molar-refractivity contribution is 7.14. The van der Waals surface area contributed by atoms with Gasteiger partial charge in [0.15, 0.2) is 5.13 Å². The van der Waals surface area contributed by atoms with E-state index in [0.717, 1.165) is 38.8 Å². The molecular formula is C23H21N3O2S2. The number of rotatable bonds is 6. The lowest BCUT2D eigenvalue weighted by Gasteiger charge is -2.07. The van der Waals surface area contributed by atoms with Crippen LogP contribution in [0.3, 0.4) is 0 Å². The molecule has 2 aromatic heterocycles. The maximum Gasteiger partial charge on any atom is 0.232 e. The average Bonchev–Trinajstić information content (AvgIpc) is 3.37. The molecule has 0 aliphatic rings. The molecule has 0 saturated heterocycles. The molecule has 1 amide bonds. The second-order valence-electron chi connectivity index (χ2n) is 6.98. The molecular weight excluding hydrogens is 414 g/mol. The van der Waals surface area contributed by atoms with Gasteiger partial charge < -0.3 is 10.1 Å². The number of benzene rings is 2. The number of aromatic nitrogens is 2. The second-order valence-corrected chi connectivity index (χ2v) is 8.70. The molecule has 0 bridgehead atoms. The van der Waals surface area contributed by atoms with Crippen molar-refractivity contribution in [2.24, 2.45) is 0 Å². The van der Waals surface area contributed by atoms with E-state index in [4.69, 9.17) is 4.74 Å². The minimum Gasteiger partial charge on any atom is -0.496 e. The highest BCUT2D eigenvalue weighted by Gasteiger charge is 2.14. The molecule has 2 heterocycles. The summed E-state index contributed by atoms with van der Waals surface area (Å²) in [6.45, 7) is 4.08. The van der Waals surface area contributed by atoms with Crippen molar-refractivity contribution in [2.45, 2.75) is 20.3 Å². The third-order valence-electron chi connectivity index (χ3n) is 4.54. The van der Waals surface area contributed by atoms with E-state index in [1.165, 1.54) is 16.9 Å². The van der Waals surface area contributed by atoms with E-state index in [2.05, 4.69) is 34.3 Å². The van der Waals surface area contributed by atoms with Gasteiger partial charge in [0.25, 0.3) is 0 Å². The summed E-state index contributed by atoms with van der Waals surface area (Å²) in [5, 5.41) is 8.22. The largest absolute Gasteiger partial charge is 0.496 e. The van der Waals surface area contributed by atoms with Crippen LogP contribution in [0.4, 0.5) is 5.13 Å².